The lowest BCUT2D eigenvalue weighted by molar-refractivity contribution is 0.304. The number of ether oxygens (including phenoxy) is 1. The SMILES string of the molecule is CCCCCCOc1ccc(C)cc1C#CCCl. The molecule has 0 bridgehead atoms. The van der Waals surface area contributed by atoms with Crippen LogP contribution in [-0.2, 0) is 0 Å². The van der Waals surface area contributed by atoms with Crippen LogP contribution >= 0.6 is 11.6 Å². The molecule has 0 atom stereocenters. The van der Waals surface area contributed by atoms with Crippen LogP contribution in [0.5, 0.6) is 5.75 Å². The van der Waals surface area contributed by atoms with E-state index in [2.05, 4.69) is 25.7 Å². The highest BCUT2D eigenvalue weighted by Crippen LogP contribution is 2.19. The molecule has 1 aromatic carbocycles. The van der Waals surface area contributed by atoms with Gasteiger partial charge in [0, 0.05) is 0 Å². The molecule has 0 aliphatic rings. The standard InChI is InChI=1S/C16H21ClO/c1-3-4-5-6-12-18-16-10-9-14(2)13-15(16)8-7-11-17/h9-10,13H,3-6,11-12H2,1-2H3. The maximum absolute atomic E-state index is 5.79. The molecule has 1 aromatic rings. The summed E-state index contributed by atoms with van der Waals surface area (Å²) in [4.78, 5) is 0. The van der Waals surface area contributed by atoms with Crippen molar-refractivity contribution in [2.75, 3.05) is 12.5 Å². The summed E-state index contributed by atoms with van der Waals surface area (Å²) in [5.74, 6) is 7.15. The fourth-order valence-corrected chi connectivity index (χ4v) is 1.77. The highest BCUT2D eigenvalue weighted by molar-refractivity contribution is 6.19. The average Bonchev–Trinajstić information content (AvgIpc) is 2.38. The van der Waals surface area contributed by atoms with Gasteiger partial charge in [0.2, 0.25) is 0 Å². The number of aryl methyl sites for hydroxylation is 1. The lowest BCUT2D eigenvalue weighted by atomic mass is 10.1. The van der Waals surface area contributed by atoms with Crippen molar-refractivity contribution in [2.45, 2.75) is 39.5 Å². The van der Waals surface area contributed by atoms with E-state index in [-0.39, 0.29) is 0 Å². The molecule has 0 aliphatic carbocycles. The zero-order chi connectivity index (χ0) is 13.2. The molecule has 0 fully saturated rings. The van der Waals surface area contributed by atoms with Crippen molar-refractivity contribution < 1.29 is 4.74 Å². The quantitative estimate of drug-likeness (QED) is 0.416. The van der Waals surface area contributed by atoms with E-state index in [4.69, 9.17) is 16.3 Å². The second-order valence-corrected chi connectivity index (χ2v) is 4.61. The summed E-state index contributed by atoms with van der Waals surface area (Å²) < 4.78 is 5.79. The molecule has 1 rings (SSSR count). The Balaban J connectivity index is 2.58. The second-order valence-electron chi connectivity index (χ2n) is 4.34. The summed E-state index contributed by atoms with van der Waals surface area (Å²) in [5, 5.41) is 0. The van der Waals surface area contributed by atoms with Gasteiger partial charge in [-0.15, -0.1) is 11.6 Å². The lowest BCUT2D eigenvalue weighted by Gasteiger charge is -2.08. The van der Waals surface area contributed by atoms with E-state index in [0.29, 0.717) is 5.88 Å². The van der Waals surface area contributed by atoms with Gasteiger partial charge in [0.05, 0.1) is 18.1 Å². The van der Waals surface area contributed by atoms with E-state index >= 15 is 0 Å². The van der Waals surface area contributed by atoms with Crippen molar-refractivity contribution in [3.8, 4) is 17.6 Å². The van der Waals surface area contributed by atoms with Gasteiger partial charge in [0.1, 0.15) is 5.75 Å². The fraction of sp³-hybridized carbons (Fsp3) is 0.500. The third-order valence-corrected chi connectivity index (χ3v) is 2.81. The van der Waals surface area contributed by atoms with E-state index in [0.717, 1.165) is 24.3 Å². The minimum absolute atomic E-state index is 0.351. The van der Waals surface area contributed by atoms with E-state index in [9.17, 15) is 0 Å². The van der Waals surface area contributed by atoms with Crippen LogP contribution < -0.4 is 4.74 Å². The van der Waals surface area contributed by atoms with Crippen molar-refractivity contribution in [3.63, 3.8) is 0 Å². The Morgan fingerprint density at radius 1 is 1.22 bits per heavy atom. The highest BCUT2D eigenvalue weighted by Gasteiger charge is 2.01. The van der Waals surface area contributed by atoms with Crippen LogP contribution in [0.25, 0.3) is 0 Å². The zero-order valence-electron chi connectivity index (χ0n) is 11.3. The molecule has 1 nitrogen and oxygen atoms in total. The third kappa shape index (κ3) is 5.47. The summed E-state index contributed by atoms with van der Waals surface area (Å²) in [6.45, 7) is 5.02. The van der Waals surface area contributed by atoms with E-state index in [1.807, 2.05) is 18.2 Å². The van der Waals surface area contributed by atoms with Crippen LogP contribution in [0.3, 0.4) is 0 Å². The fourth-order valence-electron chi connectivity index (χ4n) is 1.71. The largest absolute Gasteiger partial charge is 0.492 e. The number of rotatable bonds is 6. The maximum Gasteiger partial charge on any atom is 0.134 e. The predicted molar refractivity (Wildman–Crippen MR) is 78.4 cm³/mol. The number of hydrogen-bond acceptors (Lipinski definition) is 1. The molecule has 0 aromatic heterocycles. The van der Waals surface area contributed by atoms with Gasteiger partial charge < -0.3 is 4.74 Å². The molecule has 18 heavy (non-hydrogen) atoms. The Morgan fingerprint density at radius 2 is 2.06 bits per heavy atom. The first kappa shape index (κ1) is 14.9. The normalized spacial score (nSPS) is 9.72. The monoisotopic (exact) mass is 264 g/mol. The van der Waals surface area contributed by atoms with Gasteiger partial charge in [0.15, 0.2) is 0 Å². The van der Waals surface area contributed by atoms with Crippen LogP contribution in [0.4, 0.5) is 0 Å². The van der Waals surface area contributed by atoms with Gasteiger partial charge in [-0.25, -0.2) is 0 Å². The highest BCUT2D eigenvalue weighted by atomic mass is 35.5. The van der Waals surface area contributed by atoms with Crippen molar-refractivity contribution in [1.29, 1.82) is 0 Å². The van der Waals surface area contributed by atoms with Gasteiger partial charge in [-0.3, -0.25) is 0 Å². The maximum atomic E-state index is 5.79. The van der Waals surface area contributed by atoms with Gasteiger partial charge in [0.25, 0.3) is 0 Å². The molecule has 0 saturated heterocycles. The zero-order valence-corrected chi connectivity index (χ0v) is 12.0. The molecular formula is C16H21ClO. The number of unbranched alkanes of at least 4 members (excludes halogenated alkanes) is 3. The summed E-state index contributed by atoms with van der Waals surface area (Å²) in [6.07, 6.45) is 4.85. The Hall–Kier alpha value is -1.13. The average molecular weight is 265 g/mol. The molecule has 0 saturated carbocycles. The van der Waals surface area contributed by atoms with Crippen molar-refractivity contribution >= 4 is 11.6 Å². The second kappa shape index (κ2) is 8.89. The van der Waals surface area contributed by atoms with E-state index < -0.39 is 0 Å². The molecule has 0 spiro atoms. The first-order chi connectivity index (χ1) is 8.77. The van der Waals surface area contributed by atoms with Crippen LogP contribution in [-0.4, -0.2) is 12.5 Å². The number of benzene rings is 1. The van der Waals surface area contributed by atoms with E-state index in [1.165, 1.54) is 24.8 Å². The summed E-state index contributed by atoms with van der Waals surface area (Å²) in [7, 11) is 0. The molecule has 0 heterocycles. The minimum Gasteiger partial charge on any atom is -0.492 e. The smallest absolute Gasteiger partial charge is 0.134 e. The Morgan fingerprint density at radius 3 is 2.78 bits per heavy atom. The first-order valence-corrected chi connectivity index (χ1v) is 7.09. The van der Waals surface area contributed by atoms with Crippen LogP contribution in [0.1, 0.15) is 43.7 Å². The van der Waals surface area contributed by atoms with Gasteiger partial charge in [-0.2, -0.15) is 0 Å². The van der Waals surface area contributed by atoms with E-state index in [1.54, 1.807) is 0 Å². The van der Waals surface area contributed by atoms with Gasteiger partial charge >= 0.3 is 0 Å². The molecule has 98 valence electrons. The van der Waals surface area contributed by atoms with Gasteiger partial charge in [-0.1, -0.05) is 44.1 Å². The predicted octanol–water partition coefficient (Wildman–Crippen LogP) is 4.54. The summed E-state index contributed by atoms with van der Waals surface area (Å²) >= 11 is 5.59. The van der Waals surface area contributed by atoms with Crippen LogP contribution in [0.15, 0.2) is 18.2 Å². The number of halogens is 1. The minimum atomic E-state index is 0.351. The molecule has 0 radical (unpaired) electrons. The topological polar surface area (TPSA) is 9.23 Å². The number of hydrogen-bond donors (Lipinski definition) is 0. The van der Waals surface area contributed by atoms with Crippen molar-refractivity contribution in [1.82, 2.24) is 0 Å². The number of alkyl halides is 1. The first-order valence-electron chi connectivity index (χ1n) is 6.56. The van der Waals surface area contributed by atoms with Crippen LogP contribution in [0, 0.1) is 18.8 Å². The molecule has 2 heteroatoms. The molecular weight excluding hydrogens is 244 g/mol. The van der Waals surface area contributed by atoms with Crippen molar-refractivity contribution in [2.24, 2.45) is 0 Å². The molecule has 0 N–H and O–H groups in total. The Labute approximate surface area is 115 Å². The Kier molecular flexibility index (Phi) is 7.37. The van der Waals surface area contributed by atoms with Crippen LogP contribution in [0.2, 0.25) is 0 Å². The van der Waals surface area contributed by atoms with Gasteiger partial charge in [-0.05, 0) is 31.0 Å². The summed E-state index contributed by atoms with van der Waals surface area (Å²) in [5.41, 5.74) is 2.12. The molecule has 0 unspecified atom stereocenters. The molecule has 0 aliphatic heterocycles. The summed E-state index contributed by atoms with van der Waals surface area (Å²) in [6, 6.07) is 6.08. The van der Waals surface area contributed by atoms with Crippen molar-refractivity contribution in [3.05, 3.63) is 29.3 Å². The Bertz CT molecular complexity index is 415. The lowest BCUT2D eigenvalue weighted by Crippen LogP contribution is -1.99. The molecule has 0 amide bonds. The third-order valence-electron chi connectivity index (χ3n) is 2.68.